The van der Waals surface area contributed by atoms with Crippen LogP contribution in [0.4, 0.5) is 0 Å². The van der Waals surface area contributed by atoms with Gasteiger partial charge in [-0.1, -0.05) is 19.1 Å². The molecule has 1 aliphatic carbocycles. The fourth-order valence-electron chi connectivity index (χ4n) is 4.88. The van der Waals surface area contributed by atoms with Crippen molar-refractivity contribution in [1.82, 2.24) is 34.8 Å². The molecule has 0 aromatic carbocycles. The molecular formula is C21H31N7O2. The molecule has 0 radical (unpaired) electrons. The Morgan fingerprint density at radius 2 is 1.97 bits per heavy atom. The third-order valence-corrected chi connectivity index (χ3v) is 6.63. The molecule has 1 aliphatic heterocycles. The Balaban J connectivity index is 1.45. The fraction of sp³-hybridized carbons (Fsp3) is 0.667. The average Bonchev–Trinajstić information content (AvgIpc) is 3.43. The molecular weight excluding hydrogens is 382 g/mol. The van der Waals surface area contributed by atoms with Gasteiger partial charge in [0.1, 0.15) is 5.69 Å². The van der Waals surface area contributed by atoms with Crippen molar-refractivity contribution in [3.63, 3.8) is 0 Å². The number of methoxy groups -OCH3 is 1. The first kappa shape index (κ1) is 20.9. The van der Waals surface area contributed by atoms with E-state index in [1.165, 1.54) is 6.20 Å². The number of carbonyl (C=O) groups is 1. The van der Waals surface area contributed by atoms with Gasteiger partial charge in [0.25, 0.3) is 5.91 Å². The SMILES string of the molecule is CCN(CC)Cc1cn([C@@H]2C[C@@H]3CN(C(=O)c4cnccn4)C[C@@H]3C[C@H]2OC)nn1. The summed E-state index contributed by atoms with van der Waals surface area (Å²) in [5.74, 6) is 0.827. The molecule has 0 spiro atoms. The molecule has 9 nitrogen and oxygen atoms in total. The number of rotatable bonds is 7. The maximum absolute atomic E-state index is 12.8. The van der Waals surface area contributed by atoms with Crippen molar-refractivity contribution in [3.8, 4) is 0 Å². The molecule has 0 N–H and O–H groups in total. The van der Waals surface area contributed by atoms with Gasteiger partial charge in [-0.05, 0) is 37.8 Å². The van der Waals surface area contributed by atoms with Gasteiger partial charge in [-0.3, -0.25) is 14.7 Å². The zero-order valence-electron chi connectivity index (χ0n) is 18.0. The number of hydrogen-bond donors (Lipinski definition) is 0. The summed E-state index contributed by atoms with van der Waals surface area (Å²) < 4.78 is 7.84. The predicted octanol–water partition coefficient (Wildman–Crippen LogP) is 1.65. The first-order chi connectivity index (χ1) is 14.6. The molecule has 0 bridgehead atoms. The van der Waals surface area contributed by atoms with Crippen LogP contribution in [-0.4, -0.2) is 80.1 Å². The number of likely N-dealkylation sites (tertiary alicyclic amines) is 1. The second-order valence-electron chi connectivity index (χ2n) is 8.29. The number of nitrogens with zero attached hydrogens (tertiary/aromatic N) is 7. The Morgan fingerprint density at radius 3 is 2.63 bits per heavy atom. The predicted molar refractivity (Wildman–Crippen MR) is 111 cm³/mol. The van der Waals surface area contributed by atoms with Crippen molar-refractivity contribution in [2.45, 2.75) is 45.4 Å². The van der Waals surface area contributed by atoms with Crippen LogP contribution in [0.1, 0.15) is 48.9 Å². The van der Waals surface area contributed by atoms with Gasteiger partial charge in [-0.15, -0.1) is 5.10 Å². The van der Waals surface area contributed by atoms with E-state index >= 15 is 0 Å². The largest absolute Gasteiger partial charge is 0.379 e. The van der Waals surface area contributed by atoms with E-state index in [0.29, 0.717) is 17.5 Å². The number of carbonyl (C=O) groups excluding carboxylic acids is 1. The molecule has 2 fully saturated rings. The van der Waals surface area contributed by atoms with E-state index in [1.54, 1.807) is 19.5 Å². The van der Waals surface area contributed by atoms with Crippen LogP contribution in [0, 0.1) is 11.8 Å². The summed E-state index contributed by atoms with van der Waals surface area (Å²) in [4.78, 5) is 25.3. The fourth-order valence-corrected chi connectivity index (χ4v) is 4.88. The van der Waals surface area contributed by atoms with Crippen molar-refractivity contribution in [3.05, 3.63) is 36.2 Å². The summed E-state index contributed by atoms with van der Waals surface area (Å²) in [5.41, 5.74) is 1.40. The Morgan fingerprint density at radius 1 is 1.20 bits per heavy atom. The summed E-state index contributed by atoms with van der Waals surface area (Å²) in [5, 5.41) is 8.84. The van der Waals surface area contributed by atoms with Crippen LogP contribution in [0.3, 0.4) is 0 Å². The smallest absolute Gasteiger partial charge is 0.274 e. The van der Waals surface area contributed by atoms with Crippen LogP contribution >= 0.6 is 0 Å². The number of amides is 1. The lowest BCUT2D eigenvalue weighted by atomic mass is 9.77. The van der Waals surface area contributed by atoms with Gasteiger partial charge >= 0.3 is 0 Å². The highest BCUT2D eigenvalue weighted by Crippen LogP contribution is 2.42. The van der Waals surface area contributed by atoms with E-state index in [2.05, 4.69) is 45.2 Å². The number of ether oxygens (including phenoxy) is 1. The van der Waals surface area contributed by atoms with E-state index in [0.717, 1.165) is 51.3 Å². The van der Waals surface area contributed by atoms with Gasteiger partial charge in [0.05, 0.1) is 30.2 Å². The molecule has 2 aromatic rings. The topological polar surface area (TPSA) is 89.3 Å². The summed E-state index contributed by atoms with van der Waals surface area (Å²) in [6, 6.07) is 0.140. The normalized spacial score (nSPS) is 26.2. The summed E-state index contributed by atoms with van der Waals surface area (Å²) in [7, 11) is 1.77. The summed E-state index contributed by atoms with van der Waals surface area (Å²) in [6.45, 7) is 8.60. The molecule has 2 aliphatic rings. The highest BCUT2D eigenvalue weighted by molar-refractivity contribution is 5.92. The van der Waals surface area contributed by atoms with Gasteiger partial charge < -0.3 is 9.64 Å². The van der Waals surface area contributed by atoms with Crippen LogP contribution in [0.25, 0.3) is 0 Å². The molecule has 9 heteroatoms. The molecule has 0 unspecified atom stereocenters. The van der Waals surface area contributed by atoms with Crippen LogP contribution in [-0.2, 0) is 11.3 Å². The Kier molecular flexibility index (Phi) is 6.38. The van der Waals surface area contributed by atoms with Gasteiger partial charge in [-0.25, -0.2) is 9.67 Å². The van der Waals surface area contributed by atoms with E-state index in [-0.39, 0.29) is 18.1 Å². The minimum Gasteiger partial charge on any atom is -0.379 e. The zero-order valence-corrected chi connectivity index (χ0v) is 18.0. The molecule has 30 heavy (non-hydrogen) atoms. The number of aromatic nitrogens is 5. The standard InChI is InChI=1S/C21H31N7O2/c1-4-26(5-2)13-17-14-28(25-24-17)19-8-15-11-27(12-16(15)9-20(19)30-3)21(29)18-10-22-6-7-23-18/h6-7,10,14-16,19-20H,4-5,8-9,11-13H2,1-3H3/t15-,16+,19-,20-/m1/s1. The maximum Gasteiger partial charge on any atom is 0.274 e. The Bertz CT molecular complexity index is 839. The minimum atomic E-state index is -0.0368. The number of hydrogen-bond acceptors (Lipinski definition) is 7. The lowest BCUT2D eigenvalue weighted by Gasteiger charge is -2.36. The van der Waals surface area contributed by atoms with Gasteiger partial charge in [-0.2, -0.15) is 0 Å². The highest BCUT2D eigenvalue weighted by Gasteiger charge is 2.45. The third-order valence-electron chi connectivity index (χ3n) is 6.63. The van der Waals surface area contributed by atoms with Crippen molar-refractivity contribution >= 4 is 5.91 Å². The lowest BCUT2D eigenvalue weighted by molar-refractivity contribution is -0.00547. The van der Waals surface area contributed by atoms with Gasteiger partial charge in [0.2, 0.25) is 0 Å². The highest BCUT2D eigenvalue weighted by atomic mass is 16.5. The van der Waals surface area contributed by atoms with Gasteiger partial charge in [0, 0.05) is 39.1 Å². The zero-order chi connectivity index (χ0) is 21.1. The molecule has 1 amide bonds. The van der Waals surface area contributed by atoms with Crippen molar-refractivity contribution in [1.29, 1.82) is 0 Å². The first-order valence-electron chi connectivity index (χ1n) is 10.8. The molecule has 3 heterocycles. The van der Waals surface area contributed by atoms with Crippen molar-refractivity contribution in [2.24, 2.45) is 11.8 Å². The molecule has 2 aromatic heterocycles. The van der Waals surface area contributed by atoms with E-state index in [4.69, 9.17) is 4.74 Å². The summed E-state index contributed by atoms with van der Waals surface area (Å²) >= 11 is 0. The molecule has 162 valence electrons. The van der Waals surface area contributed by atoms with Crippen LogP contribution in [0.5, 0.6) is 0 Å². The second kappa shape index (κ2) is 9.18. The Labute approximate surface area is 177 Å². The molecule has 1 saturated heterocycles. The third kappa shape index (κ3) is 4.22. The monoisotopic (exact) mass is 413 g/mol. The van der Waals surface area contributed by atoms with E-state index < -0.39 is 0 Å². The lowest BCUT2D eigenvalue weighted by Crippen LogP contribution is -2.37. The Hall–Kier alpha value is -2.39. The summed E-state index contributed by atoms with van der Waals surface area (Å²) in [6.07, 6.45) is 8.67. The quantitative estimate of drug-likeness (QED) is 0.682. The molecule has 4 atom stereocenters. The van der Waals surface area contributed by atoms with Crippen molar-refractivity contribution in [2.75, 3.05) is 33.3 Å². The average molecular weight is 414 g/mol. The van der Waals surface area contributed by atoms with Crippen LogP contribution in [0.15, 0.2) is 24.8 Å². The second-order valence-corrected chi connectivity index (χ2v) is 8.29. The van der Waals surface area contributed by atoms with Crippen LogP contribution < -0.4 is 0 Å². The first-order valence-corrected chi connectivity index (χ1v) is 10.8. The van der Waals surface area contributed by atoms with E-state index in [9.17, 15) is 4.79 Å². The van der Waals surface area contributed by atoms with Crippen LogP contribution in [0.2, 0.25) is 0 Å². The van der Waals surface area contributed by atoms with Gasteiger partial charge in [0.15, 0.2) is 0 Å². The minimum absolute atomic E-state index is 0.0368. The van der Waals surface area contributed by atoms with Crippen molar-refractivity contribution < 1.29 is 9.53 Å². The maximum atomic E-state index is 12.8. The molecule has 4 rings (SSSR count). The number of fused-ring (bicyclic) bond motifs is 1. The van der Waals surface area contributed by atoms with E-state index in [1.807, 2.05) is 9.58 Å². The molecule has 1 saturated carbocycles.